The zero-order chi connectivity index (χ0) is 11.1. The van der Waals surface area contributed by atoms with E-state index in [1.165, 1.54) is 0 Å². The molecule has 0 aromatic rings. The van der Waals surface area contributed by atoms with Gasteiger partial charge in [0.05, 0.1) is 0 Å². The van der Waals surface area contributed by atoms with Crippen molar-refractivity contribution in [2.45, 2.75) is 19.7 Å². The molecule has 0 aromatic carbocycles. The van der Waals surface area contributed by atoms with Gasteiger partial charge in [-0.3, -0.25) is 0 Å². The van der Waals surface area contributed by atoms with Crippen molar-refractivity contribution in [3.8, 4) is 0 Å². The predicted octanol–water partition coefficient (Wildman–Crippen LogP) is 4.70. The maximum Gasteiger partial charge on any atom is 0.357 e. The Hall–Kier alpha value is 1.53. The van der Waals surface area contributed by atoms with E-state index in [1.54, 1.807) is 0 Å². The highest BCUT2D eigenvalue weighted by molar-refractivity contribution is 6.66. The molecule has 0 aromatic heterocycles. The first-order chi connectivity index (χ1) is 5.44. The van der Waals surface area contributed by atoms with Gasteiger partial charge in [0.2, 0.25) is 14.3 Å². The van der Waals surface area contributed by atoms with Crippen LogP contribution in [0.15, 0.2) is 0 Å². The molecule has 9 heteroatoms. The molecule has 1 unspecified atom stereocenters. The fourth-order valence-electron chi connectivity index (χ4n) is 0.326. The van der Waals surface area contributed by atoms with Crippen molar-refractivity contribution < 1.29 is 13.2 Å². The van der Waals surface area contributed by atoms with Crippen LogP contribution in [-0.2, 0) is 0 Å². The Balaban J connectivity index is 5.04. The summed E-state index contributed by atoms with van der Waals surface area (Å²) in [6.45, 7) is 0. The van der Waals surface area contributed by atoms with E-state index in [4.69, 9.17) is 58.0 Å². The lowest BCUT2D eigenvalue weighted by atomic mass is 10.3. The fourth-order valence-corrected chi connectivity index (χ4v) is 1.28. The van der Waals surface area contributed by atoms with Crippen LogP contribution in [0.3, 0.4) is 0 Å². The minimum atomic E-state index is -4.22. The van der Waals surface area contributed by atoms with Crippen LogP contribution in [0.5, 0.6) is 0 Å². The Kier molecular flexibility index (Phi) is 4.68. The first kappa shape index (κ1) is 14.5. The van der Waals surface area contributed by atoms with Gasteiger partial charge in [0.1, 0.15) is 0 Å². The number of hydrogen-bond acceptors (Lipinski definition) is 0. The maximum absolute atomic E-state index is 12.5. The Morgan fingerprint density at radius 1 is 0.923 bits per heavy atom. The maximum atomic E-state index is 12.5. The molecular formula is C4HCl6F3. The SMILES string of the molecule is FC(Cl)C(Cl)(Cl)C(Cl)(Cl)C(F)(F)Cl. The Bertz CT molecular complexity index is 185. The van der Waals surface area contributed by atoms with E-state index < -0.39 is 19.7 Å². The van der Waals surface area contributed by atoms with Gasteiger partial charge in [-0.05, 0) is 11.6 Å². The van der Waals surface area contributed by atoms with E-state index in [1.807, 2.05) is 0 Å². The molecule has 0 radical (unpaired) electrons. The lowest BCUT2D eigenvalue weighted by Crippen LogP contribution is -2.51. The van der Waals surface area contributed by atoms with E-state index in [9.17, 15) is 13.2 Å². The van der Waals surface area contributed by atoms with Crippen molar-refractivity contribution in [3.05, 3.63) is 0 Å². The first-order valence-electron chi connectivity index (χ1n) is 2.55. The zero-order valence-electron chi connectivity index (χ0n) is 5.48. The fraction of sp³-hybridized carbons (Fsp3) is 1.00. The number of hydrogen-bond donors (Lipinski definition) is 0. The van der Waals surface area contributed by atoms with Gasteiger partial charge >= 0.3 is 5.38 Å². The minimum Gasteiger partial charge on any atom is -0.226 e. The molecular weight excluding hydrogens is 318 g/mol. The van der Waals surface area contributed by atoms with Crippen molar-refractivity contribution >= 4 is 69.6 Å². The minimum absolute atomic E-state index is 2.60. The summed E-state index contributed by atoms with van der Waals surface area (Å²) in [6, 6.07) is 0. The van der Waals surface area contributed by atoms with Crippen LogP contribution in [0.25, 0.3) is 0 Å². The van der Waals surface area contributed by atoms with Crippen LogP contribution in [0.4, 0.5) is 13.2 Å². The third-order valence-electron chi connectivity index (χ3n) is 1.05. The molecule has 1 atom stereocenters. The molecule has 80 valence electrons. The van der Waals surface area contributed by atoms with Crippen molar-refractivity contribution in [2.24, 2.45) is 0 Å². The highest BCUT2D eigenvalue weighted by Gasteiger charge is 2.66. The van der Waals surface area contributed by atoms with Gasteiger partial charge in [0.25, 0.3) is 0 Å². The quantitative estimate of drug-likeness (QED) is 0.662. The second-order valence-electron chi connectivity index (χ2n) is 2.00. The second-order valence-corrected chi connectivity index (χ2v) is 5.57. The molecule has 0 saturated heterocycles. The summed E-state index contributed by atoms with van der Waals surface area (Å²) < 4.78 is 31.2. The molecule has 13 heavy (non-hydrogen) atoms. The third kappa shape index (κ3) is 2.76. The summed E-state index contributed by atoms with van der Waals surface area (Å²) >= 11 is 29.4. The number of alkyl halides is 9. The number of rotatable bonds is 3. The molecule has 0 bridgehead atoms. The van der Waals surface area contributed by atoms with Gasteiger partial charge in [0.15, 0.2) is 0 Å². The molecule has 0 aliphatic carbocycles. The molecule has 0 heterocycles. The molecule has 0 fully saturated rings. The molecule has 0 saturated carbocycles. The number of halogens is 9. The van der Waals surface area contributed by atoms with E-state index in [0.717, 1.165) is 0 Å². The average Bonchev–Trinajstić information content (AvgIpc) is 1.84. The smallest absolute Gasteiger partial charge is 0.226 e. The van der Waals surface area contributed by atoms with Crippen LogP contribution < -0.4 is 0 Å². The van der Waals surface area contributed by atoms with Gasteiger partial charge < -0.3 is 0 Å². The summed E-state index contributed by atoms with van der Waals surface area (Å²) in [6.07, 6.45) is 0. The molecule has 0 aliphatic heterocycles. The van der Waals surface area contributed by atoms with Crippen molar-refractivity contribution in [3.63, 3.8) is 0 Å². The topological polar surface area (TPSA) is 0 Å². The van der Waals surface area contributed by atoms with Crippen LogP contribution in [0, 0.1) is 0 Å². The lowest BCUT2D eigenvalue weighted by Gasteiger charge is -2.35. The first-order valence-corrected chi connectivity index (χ1v) is 4.87. The lowest BCUT2D eigenvalue weighted by molar-refractivity contribution is 0.0647. The Morgan fingerprint density at radius 3 is 1.31 bits per heavy atom. The van der Waals surface area contributed by atoms with Crippen LogP contribution in [0.2, 0.25) is 0 Å². The summed E-state index contributed by atoms with van der Waals surface area (Å²) in [7, 11) is 0. The summed E-state index contributed by atoms with van der Waals surface area (Å²) in [5, 5.41) is -4.22. The Morgan fingerprint density at radius 2 is 1.23 bits per heavy atom. The monoisotopic (exact) mass is 316 g/mol. The van der Waals surface area contributed by atoms with Crippen LogP contribution in [0.1, 0.15) is 0 Å². The van der Waals surface area contributed by atoms with Crippen molar-refractivity contribution in [1.82, 2.24) is 0 Å². The predicted molar refractivity (Wildman–Crippen MR) is 50.4 cm³/mol. The van der Waals surface area contributed by atoms with E-state index >= 15 is 0 Å². The van der Waals surface area contributed by atoms with Crippen LogP contribution in [-0.4, -0.2) is 19.7 Å². The standard InChI is InChI=1S/C4HCl6F3/c5-1(11)2(6,7)3(8,9)4(10,12)13/h1H. The molecule has 0 N–H and O–H groups in total. The van der Waals surface area contributed by atoms with Gasteiger partial charge in [-0.25, -0.2) is 4.39 Å². The van der Waals surface area contributed by atoms with Gasteiger partial charge in [-0.2, -0.15) is 8.78 Å². The average molecular weight is 319 g/mol. The Labute approximate surface area is 102 Å². The van der Waals surface area contributed by atoms with Gasteiger partial charge in [0, 0.05) is 0 Å². The highest BCUT2D eigenvalue weighted by atomic mass is 35.5. The normalized spacial score (nSPS) is 17.3. The molecule has 0 rings (SSSR count). The van der Waals surface area contributed by atoms with E-state index in [-0.39, 0.29) is 0 Å². The zero-order valence-corrected chi connectivity index (χ0v) is 10.0. The summed E-state index contributed by atoms with van der Waals surface area (Å²) in [5.74, 6) is 0. The molecule has 0 nitrogen and oxygen atoms in total. The largest absolute Gasteiger partial charge is 0.357 e. The highest BCUT2D eigenvalue weighted by Crippen LogP contribution is 2.56. The van der Waals surface area contributed by atoms with E-state index in [2.05, 4.69) is 11.6 Å². The summed E-state index contributed by atoms with van der Waals surface area (Å²) in [4.78, 5) is 0. The van der Waals surface area contributed by atoms with Gasteiger partial charge in [-0.15, -0.1) is 0 Å². The van der Waals surface area contributed by atoms with Crippen LogP contribution >= 0.6 is 69.6 Å². The molecule has 0 amide bonds. The summed E-state index contributed by atoms with van der Waals surface area (Å²) in [5.41, 5.74) is -2.60. The molecule has 0 aliphatic rings. The molecule has 0 spiro atoms. The van der Waals surface area contributed by atoms with E-state index in [0.29, 0.717) is 0 Å². The second kappa shape index (κ2) is 4.18. The van der Waals surface area contributed by atoms with Crippen molar-refractivity contribution in [1.29, 1.82) is 0 Å². The third-order valence-corrected chi connectivity index (χ3v) is 4.48. The van der Waals surface area contributed by atoms with Gasteiger partial charge in [-0.1, -0.05) is 58.0 Å². The van der Waals surface area contributed by atoms with Crippen molar-refractivity contribution in [2.75, 3.05) is 0 Å².